The van der Waals surface area contributed by atoms with Crippen LogP contribution in [0.25, 0.3) is 0 Å². The first-order valence-electron chi connectivity index (χ1n) is 8.16. The van der Waals surface area contributed by atoms with Crippen molar-refractivity contribution in [2.45, 2.75) is 38.8 Å². The van der Waals surface area contributed by atoms with Crippen LogP contribution in [0.2, 0.25) is 0 Å². The number of rotatable bonds is 5. The number of ether oxygens (including phenoxy) is 2. The number of nitrogens with zero attached hydrogens (tertiary/aromatic N) is 2. The number of amides is 1. The molecule has 120 valence electrons. The Balaban J connectivity index is 1.57. The highest BCUT2D eigenvalue weighted by Crippen LogP contribution is 2.52. The van der Waals surface area contributed by atoms with E-state index >= 15 is 0 Å². The van der Waals surface area contributed by atoms with Gasteiger partial charge in [0.05, 0.1) is 18.8 Å². The molecule has 0 aromatic rings. The van der Waals surface area contributed by atoms with Crippen LogP contribution in [0.1, 0.15) is 26.7 Å². The maximum atomic E-state index is 12.6. The number of hydrogen-bond donors (Lipinski definition) is 0. The van der Waals surface area contributed by atoms with Gasteiger partial charge in [-0.05, 0) is 18.3 Å². The van der Waals surface area contributed by atoms with Crippen molar-refractivity contribution in [2.24, 2.45) is 11.3 Å². The minimum atomic E-state index is 0.201. The number of hydrogen-bond acceptors (Lipinski definition) is 4. The fourth-order valence-corrected chi connectivity index (χ4v) is 3.74. The standard InChI is InChI=1S/C16H28N2O3/c1-16(2)9-12(16)15(19)18-10-13-14(11-18)21-8-6-17(13)5-4-7-20-3/h12-14H,4-11H2,1-3H3/t12?,13-,14-/m0/s1. The summed E-state index contributed by atoms with van der Waals surface area (Å²) in [6.07, 6.45) is 2.28. The van der Waals surface area contributed by atoms with E-state index in [1.807, 2.05) is 4.90 Å². The van der Waals surface area contributed by atoms with Gasteiger partial charge < -0.3 is 14.4 Å². The van der Waals surface area contributed by atoms with Gasteiger partial charge in [0.1, 0.15) is 0 Å². The van der Waals surface area contributed by atoms with Crippen LogP contribution in [0.15, 0.2) is 0 Å². The van der Waals surface area contributed by atoms with Crippen molar-refractivity contribution in [3.8, 4) is 0 Å². The number of fused-ring (bicyclic) bond motifs is 1. The summed E-state index contributed by atoms with van der Waals surface area (Å²) in [4.78, 5) is 17.1. The average Bonchev–Trinajstić information content (AvgIpc) is 2.89. The number of methoxy groups -OCH3 is 1. The van der Waals surface area contributed by atoms with Gasteiger partial charge in [-0.1, -0.05) is 13.8 Å². The summed E-state index contributed by atoms with van der Waals surface area (Å²) in [7, 11) is 1.75. The lowest BCUT2D eigenvalue weighted by Gasteiger charge is -2.36. The predicted molar refractivity (Wildman–Crippen MR) is 80.1 cm³/mol. The van der Waals surface area contributed by atoms with E-state index in [-0.39, 0.29) is 17.4 Å². The van der Waals surface area contributed by atoms with E-state index < -0.39 is 0 Å². The predicted octanol–water partition coefficient (Wildman–Crippen LogP) is 0.981. The smallest absolute Gasteiger partial charge is 0.226 e. The third-order valence-electron chi connectivity index (χ3n) is 5.33. The highest BCUT2D eigenvalue weighted by atomic mass is 16.5. The van der Waals surface area contributed by atoms with Crippen LogP contribution in [0, 0.1) is 11.3 Å². The molecule has 0 radical (unpaired) electrons. The summed E-state index contributed by atoms with van der Waals surface area (Å²) in [5.41, 5.74) is 0.212. The minimum Gasteiger partial charge on any atom is -0.385 e. The van der Waals surface area contributed by atoms with Crippen LogP contribution in [0.5, 0.6) is 0 Å². The topological polar surface area (TPSA) is 42.0 Å². The molecular weight excluding hydrogens is 268 g/mol. The lowest BCUT2D eigenvalue weighted by Crippen LogP contribution is -2.51. The molecule has 0 aromatic heterocycles. The van der Waals surface area contributed by atoms with E-state index in [2.05, 4.69) is 18.7 Å². The lowest BCUT2D eigenvalue weighted by atomic mass is 10.1. The van der Waals surface area contributed by atoms with Crippen molar-refractivity contribution >= 4 is 5.91 Å². The Labute approximate surface area is 127 Å². The van der Waals surface area contributed by atoms with Crippen molar-refractivity contribution in [1.29, 1.82) is 0 Å². The second-order valence-electron chi connectivity index (χ2n) is 7.35. The molecule has 0 bridgehead atoms. The number of carbonyl (C=O) groups is 1. The molecule has 2 heterocycles. The molecule has 0 aromatic carbocycles. The zero-order chi connectivity index (χ0) is 15.0. The third kappa shape index (κ3) is 3.10. The minimum absolute atomic E-state index is 0.201. The van der Waals surface area contributed by atoms with E-state index in [9.17, 15) is 4.79 Å². The van der Waals surface area contributed by atoms with Gasteiger partial charge >= 0.3 is 0 Å². The van der Waals surface area contributed by atoms with Crippen LogP contribution in [0.3, 0.4) is 0 Å². The fourth-order valence-electron chi connectivity index (χ4n) is 3.74. The van der Waals surface area contributed by atoms with Gasteiger partial charge in [-0.15, -0.1) is 0 Å². The molecule has 3 aliphatic rings. The Morgan fingerprint density at radius 3 is 2.81 bits per heavy atom. The Kier molecular flexibility index (Phi) is 4.26. The molecule has 1 saturated carbocycles. The Morgan fingerprint density at radius 2 is 2.14 bits per heavy atom. The monoisotopic (exact) mass is 296 g/mol. The van der Waals surface area contributed by atoms with Crippen LogP contribution in [-0.2, 0) is 14.3 Å². The average molecular weight is 296 g/mol. The lowest BCUT2D eigenvalue weighted by molar-refractivity contribution is -0.132. The van der Waals surface area contributed by atoms with Crippen molar-refractivity contribution in [2.75, 3.05) is 46.5 Å². The van der Waals surface area contributed by atoms with E-state index in [0.29, 0.717) is 11.9 Å². The van der Waals surface area contributed by atoms with Crippen molar-refractivity contribution < 1.29 is 14.3 Å². The van der Waals surface area contributed by atoms with Gasteiger partial charge in [-0.25, -0.2) is 0 Å². The van der Waals surface area contributed by atoms with Gasteiger partial charge in [0.15, 0.2) is 0 Å². The van der Waals surface area contributed by atoms with Crippen LogP contribution in [0.4, 0.5) is 0 Å². The second kappa shape index (κ2) is 5.86. The highest BCUT2D eigenvalue weighted by molar-refractivity contribution is 5.83. The highest BCUT2D eigenvalue weighted by Gasteiger charge is 2.54. The van der Waals surface area contributed by atoms with Gasteiger partial charge in [0.25, 0.3) is 0 Å². The summed E-state index contributed by atoms with van der Waals surface area (Å²) in [5, 5.41) is 0. The summed E-state index contributed by atoms with van der Waals surface area (Å²) in [6.45, 7) is 9.58. The molecule has 0 N–H and O–H groups in total. The molecule has 3 rings (SSSR count). The Morgan fingerprint density at radius 1 is 1.38 bits per heavy atom. The normalized spacial score (nSPS) is 34.8. The molecule has 5 heteroatoms. The molecule has 1 aliphatic carbocycles. The van der Waals surface area contributed by atoms with Gasteiger partial charge in [-0.2, -0.15) is 0 Å². The molecule has 3 fully saturated rings. The molecule has 2 saturated heterocycles. The fraction of sp³-hybridized carbons (Fsp3) is 0.938. The summed E-state index contributed by atoms with van der Waals surface area (Å²) < 4.78 is 11.0. The SMILES string of the molecule is COCCCN1CCO[C@H]2CN(C(=O)C3CC3(C)C)C[C@@H]21. The number of carbonyl (C=O) groups excluding carboxylic acids is 1. The molecular formula is C16H28N2O3. The summed E-state index contributed by atoms with van der Waals surface area (Å²) >= 11 is 0. The first kappa shape index (κ1) is 15.3. The van der Waals surface area contributed by atoms with Crippen molar-refractivity contribution in [1.82, 2.24) is 9.80 Å². The van der Waals surface area contributed by atoms with E-state index in [1.54, 1.807) is 7.11 Å². The van der Waals surface area contributed by atoms with Gasteiger partial charge in [0, 0.05) is 45.8 Å². The van der Waals surface area contributed by atoms with E-state index in [4.69, 9.17) is 9.47 Å². The third-order valence-corrected chi connectivity index (χ3v) is 5.33. The number of morpholine rings is 1. The number of likely N-dealkylation sites (tertiary alicyclic amines) is 1. The first-order chi connectivity index (χ1) is 10.0. The Bertz CT molecular complexity index is 399. The molecule has 5 nitrogen and oxygen atoms in total. The zero-order valence-electron chi connectivity index (χ0n) is 13.5. The van der Waals surface area contributed by atoms with E-state index in [1.165, 1.54) is 0 Å². The zero-order valence-corrected chi connectivity index (χ0v) is 13.5. The van der Waals surface area contributed by atoms with Crippen LogP contribution in [-0.4, -0.2) is 74.4 Å². The molecule has 3 atom stereocenters. The van der Waals surface area contributed by atoms with Crippen molar-refractivity contribution in [3.63, 3.8) is 0 Å². The quantitative estimate of drug-likeness (QED) is 0.709. The Hall–Kier alpha value is -0.650. The van der Waals surface area contributed by atoms with Crippen LogP contribution < -0.4 is 0 Å². The molecule has 1 amide bonds. The second-order valence-corrected chi connectivity index (χ2v) is 7.35. The van der Waals surface area contributed by atoms with Crippen molar-refractivity contribution in [3.05, 3.63) is 0 Å². The summed E-state index contributed by atoms with van der Waals surface area (Å²) in [5.74, 6) is 0.578. The molecule has 0 spiro atoms. The van der Waals surface area contributed by atoms with E-state index in [0.717, 1.165) is 52.2 Å². The largest absolute Gasteiger partial charge is 0.385 e. The molecule has 21 heavy (non-hydrogen) atoms. The van der Waals surface area contributed by atoms with Gasteiger partial charge in [0.2, 0.25) is 5.91 Å². The first-order valence-corrected chi connectivity index (χ1v) is 8.16. The molecule has 1 unspecified atom stereocenters. The molecule has 2 aliphatic heterocycles. The maximum absolute atomic E-state index is 12.6. The maximum Gasteiger partial charge on any atom is 0.226 e. The van der Waals surface area contributed by atoms with Gasteiger partial charge in [-0.3, -0.25) is 9.69 Å². The van der Waals surface area contributed by atoms with Crippen LogP contribution >= 0.6 is 0 Å². The summed E-state index contributed by atoms with van der Waals surface area (Å²) in [6, 6.07) is 0.376.